The number of benzene rings is 1. The third-order valence-corrected chi connectivity index (χ3v) is 6.72. The summed E-state index contributed by atoms with van der Waals surface area (Å²) < 4.78 is 20.2. The van der Waals surface area contributed by atoms with E-state index in [4.69, 9.17) is 9.84 Å². The molecule has 1 aromatic carbocycles. The zero-order chi connectivity index (χ0) is 22.5. The summed E-state index contributed by atoms with van der Waals surface area (Å²) in [6.45, 7) is 2.01. The Morgan fingerprint density at radius 3 is 2.81 bits per heavy atom. The largest absolute Gasteiger partial charge is 0.487 e. The summed E-state index contributed by atoms with van der Waals surface area (Å²) >= 11 is 4.54. The maximum atomic E-state index is 14.9. The Hall–Kier alpha value is -3.29. The number of cyclic esters (lactones) is 1. The number of pyridine rings is 1. The van der Waals surface area contributed by atoms with Crippen LogP contribution in [0.4, 0.5) is 14.9 Å². The molecular weight excluding hydrogens is 433 g/mol. The summed E-state index contributed by atoms with van der Waals surface area (Å²) in [4.78, 5) is 18.0. The molecule has 2 saturated heterocycles. The number of aromatic nitrogens is 1. The molecule has 3 N–H and O–H groups in total. The van der Waals surface area contributed by atoms with E-state index in [1.165, 1.54) is 11.0 Å². The number of aliphatic hydroxyl groups excluding tert-OH is 1. The first-order valence-corrected chi connectivity index (χ1v) is 10.7. The van der Waals surface area contributed by atoms with Gasteiger partial charge in [0.25, 0.3) is 5.17 Å². The molecule has 2 unspecified atom stereocenters. The van der Waals surface area contributed by atoms with E-state index in [0.29, 0.717) is 16.8 Å². The van der Waals surface area contributed by atoms with Crippen LogP contribution in [-0.2, 0) is 10.2 Å². The van der Waals surface area contributed by atoms with Gasteiger partial charge in [0.15, 0.2) is 0 Å². The number of hydrogen-bond donors (Lipinski definition) is 3. The van der Waals surface area contributed by atoms with Gasteiger partial charge in [0.2, 0.25) is 0 Å². The standard InChI is InChI=1S/C22H20FN5O3S/c23-18-5-13(28-10-14(31-21(28)30)7-27-20(29)32)2-3-15(18)12-1-4-19(26-6-12)22(11-24)16-8-25-9-17(16)22/h1-6,14,16-17,25H,7-10H2,(H2,27,29,32)/t14-,16?,17?,22?/m0/s1. The van der Waals surface area contributed by atoms with Crippen molar-refractivity contribution in [3.63, 3.8) is 0 Å². The zero-order valence-corrected chi connectivity index (χ0v) is 17.7. The van der Waals surface area contributed by atoms with Crippen molar-refractivity contribution >= 4 is 29.2 Å². The first kappa shape index (κ1) is 20.6. The molecule has 5 rings (SSSR count). The lowest BCUT2D eigenvalue weighted by molar-refractivity contribution is 0.142. The lowest BCUT2D eigenvalue weighted by Gasteiger charge is -2.15. The number of carbonyl (C=O) groups excluding carboxylic acids is 1. The molecule has 1 aliphatic carbocycles. The van der Waals surface area contributed by atoms with Crippen LogP contribution in [0.1, 0.15) is 5.69 Å². The number of hydrogen-bond acceptors (Lipinski definition) is 6. The summed E-state index contributed by atoms with van der Waals surface area (Å²) in [6.07, 6.45) is 0.485. The minimum Gasteiger partial charge on any atom is -0.487 e. The molecule has 164 valence electrons. The van der Waals surface area contributed by atoms with Crippen molar-refractivity contribution in [3.05, 3.63) is 48.0 Å². The minimum absolute atomic E-state index is 0.165. The van der Waals surface area contributed by atoms with Crippen molar-refractivity contribution in [3.8, 4) is 17.2 Å². The van der Waals surface area contributed by atoms with Crippen LogP contribution in [0.3, 0.4) is 0 Å². The van der Waals surface area contributed by atoms with Crippen LogP contribution >= 0.6 is 12.2 Å². The molecule has 3 fully saturated rings. The highest BCUT2D eigenvalue weighted by Crippen LogP contribution is 2.60. The second-order valence-electron chi connectivity index (χ2n) is 8.25. The third kappa shape index (κ3) is 3.25. The number of nitriles is 1. The van der Waals surface area contributed by atoms with E-state index in [9.17, 15) is 14.4 Å². The molecule has 0 spiro atoms. The molecule has 1 saturated carbocycles. The number of nitrogens with zero attached hydrogens (tertiary/aromatic N) is 3. The first-order chi connectivity index (χ1) is 15.4. The Balaban J connectivity index is 1.32. The maximum Gasteiger partial charge on any atom is 0.414 e. The van der Waals surface area contributed by atoms with Crippen LogP contribution in [0.25, 0.3) is 11.1 Å². The Labute approximate surface area is 189 Å². The SMILES string of the molecule is N#CC1(c2ccc(-c3ccc(N4C[C@H](CNC(O)=S)OC4=O)cc3F)cn2)C2CNCC21. The molecule has 10 heteroatoms. The Morgan fingerprint density at radius 1 is 1.41 bits per heavy atom. The van der Waals surface area contributed by atoms with Gasteiger partial charge in [-0.15, -0.1) is 0 Å². The monoisotopic (exact) mass is 453 g/mol. The average molecular weight is 453 g/mol. The molecular formula is C22H20FN5O3S. The molecule has 2 aromatic rings. The van der Waals surface area contributed by atoms with Gasteiger partial charge in [-0.05, 0) is 36.5 Å². The van der Waals surface area contributed by atoms with Crippen molar-refractivity contribution < 1.29 is 19.0 Å². The van der Waals surface area contributed by atoms with E-state index in [0.717, 1.165) is 18.8 Å². The van der Waals surface area contributed by atoms with Gasteiger partial charge in [-0.1, -0.05) is 6.07 Å². The van der Waals surface area contributed by atoms with E-state index < -0.39 is 23.4 Å². The van der Waals surface area contributed by atoms with Crippen LogP contribution in [0.15, 0.2) is 36.5 Å². The van der Waals surface area contributed by atoms with E-state index in [2.05, 4.69) is 33.9 Å². The molecule has 3 atom stereocenters. The zero-order valence-electron chi connectivity index (χ0n) is 16.9. The molecule has 3 aliphatic rings. The van der Waals surface area contributed by atoms with Crippen LogP contribution < -0.4 is 15.5 Å². The van der Waals surface area contributed by atoms with E-state index in [1.807, 2.05) is 6.07 Å². The summed E-state index contributed by atoms with van der Waals surface area (Å²) in [7, 11) is 0. The van der Waals surface area contributed by atoms with E-state index in [1.54, 1.807) is 24.4 Å². The molecule has 1 aromatic heterocycles. The van der Waals surface area contributed by atoms with Gasteiger partial charge in [0.1, 0.15) is 17.3 Å². The Kier molecular flexibility index (Phi) is 4.95. The van der Waals surface area contributed by atoms with Gasteiger partial charge in [0.05, 0.1) is 30.5 Å². The lowest BCUT2D eigenvalue weighted by Crippen LogP contribution is -2.33. The molecule has 32 heavy (non-hydrogen) atoms. The highest BCUT2D eigenvalue weighted by molar-refractivity contribution is 7.79. The smallest absolute Gasteiger partial charge is 0.414 e. The average Bonchev–Trinajstić information content (AvgIpc) is 3.09. The fourth-order valence-electron chi connectivity index (χ4n) is 4.89. The second kappa shape index (κ2) is 7.69. The Bertz CT molecular complexity index is 1130. The number of ether oxygens (including phenoxy) is 1. The van der Waals surface area contributed by atoms with Crippen LogP contribution in [-0.4, -0.2) is 53.6 Å². The van der Waals surface area contributed by atoms with Gasteiger partial charge in [0, 0.05) is 42.2 Å². The highest BCUT2D eigenvalue weighted by Gasteiger charge is 2.69. The number of aliphatic hydroxyl groups is 1. The van der Waals surface area contributed by atoms with Crippen molar-refractivity contribution in [2.75, 3.05) is 31.1 Å². The predicted octanol–water partition coefficient (Wildman–Crippen LogP) is 2.26. The summed E-state index contributed by atoms with van der Waals surface area (Å²) in [5.41, 5.74) is 1.52. The van der Waals surface area contributed by atoms with E-state index >= 15 is 0 Å². The number of amides is 1. The number of rotatable bonds is 5. The normalized spacial score (nSPS) is 28.1. The van der Waals surface area contributed by atoms with Crippen LogP contribution in [0.2, 0.25) is 0 Å². The van der Waals surface area contributed by atoms with Crippen LogP contribution in [0, 0.1) is 29.0 Å². The van der Waals surface area contributed by atoms with Gasteiger partial charge in [-0.2, -0.15) is 5.26 Å². The molecule has 2 aliphatic heterocycles. The maximum absolute atomic E-state index is 14.9. The molecule has 3 heterocycles. The van der Waals surface area contributed by atoms with Crippen molar-refractivity contribution in [1.82, 2.24) is 15.6 Å². The van der Waals surface area contributed by atoms with Gasteiger partial charge in [-0.3, -0.25) is 9.88 Å². The lowest BCUT2D eigenvalue weighted by atomic mass is 9.96. The number of nitrogens with one attached hydrogen (secondary N) is 2. The second-order valence-corrected chi connectivity index (χ2v) is 8.64. The number of piperidine rings is 1. The van der Waals surface area contributed by atoms with Gasteiger partial charge < -0.3 is 20.5 Å². The van der Waals surface area contributed by atoms with Crippen molar-refractivity contribution in [2.24, 2.45) is 11.8 Å². The number of anilines is 1. The van der Waals surface area contributed by atoms with E-state index in [-0.39, 0.29) is 30.1 Å². The van der Waals surface area contributed by atoms with Crippen molar-refractivity contribution in [2.45, 2.75) is 11.5 Å². The third-order valence-electron chi connectivity index (χ3n) is 6.58. The number of fused-ring (bicyclic) bond motifs is 1. The summed E-state index contributed by atoms with van der Waals surface area (Å²) in [6, 6.07) is 10.6. The number of thiocarbonyl (C=S) groups is 1. The Morgan fingerprint density at radius 2 is 2.19 bits per heavy atom. The summed E-state index contributed by atoms with van der Waals surface area (Å²) in [5, 5.41) is 24.2. The predicted molar refractivity (Wildman–Crippen MR) is 118 cm³/mol. The molecule has 0 radical (unpaired) electrons. The highest BCUT2D eigenvalue weighted by atomic mass is 32.1. The number of carbonyl (C=O) groups is 1. The van der Waals surface area contributed by atoms with Crippen LogP contribution in [0.5, 0.6) is 0 Å². The molecule has 0 bridgehead atoms. The fraction of sp³-hybridized carbons (Fsp3) is 0.364. The molecule has 1 amide bonds. The topological polar surface area (TPSA) is 111 Å². The quantitative estimate of drug-likeness (QED) is 0.592. The minimum atomic E-state index is -0.592. The van der Waals surface area contributed by atoms with Gasteiger partial charge in [-0.25, -0.2) is 9.18 Å². The first-order valence-electron chi connectivity index (χ1n) is 10.3. The molecule has 8 nitrogen and oxygen atoms in total. The number of halogens is 1. The fourth-order valence-corrected chi connectivity index (χ4v) is 4.97. The van der Waals surface area contributed by atoms with Gasteiger partial charge >= 0.3 is 6.09 Å². The van der Waals surface area contributed by atoms with Crippen molar-refractivity contribution in [1.29, 1.82) is 5.26 Å². The summed E-state index contributed by atoms with van der Waals surface area (Å²) in [5.74, 6) is 0.0774.